The maximum Gasteiger partial charge on any atom is 0.218 e. The predicted molar refractivity (Wildman–Crippen MR) is 73.9 cm³/mol. The fourth-order valence-corrected chi connectivity index (χ4v) is 1.91. The molecule has 0 aliphatic carbocycles. The van der Waals surface area contributed by atoms with Gasteiger partial charge in [-0.15, -0.1) is 0 Å². The van der Waals surface area contributed by atoms with E-state index in [0.717, 1.165) is 24.4 Å². The number of ether oxygens (including phenoxy) is 1. The highest BCUT2D eigenvalue weighted by Gasteiger charge is 2.04. The first-order chi connectivity index (χ1) is 8.26. The van der Waals surface area contributed by atoms with Crippen LogP contribution in [0.15, 0.2) is 12.4 Å². The smallest absolute Gasteiger partial charge is 0.218 e. The van der Waals surface area contributed by atoms with Crippen LogP contribution >= 0.6 is 11.8 Å². The van der Waals surface area contributed by atoms with E-state index in [1.54, 1.807) is 0 Å². The standard InChI is InChI=1S/C12H21N3OS/c1-4-6-16-12-8-11(13-9-14-12)15-10(2)5-7-17-3/h8-10H,4-7H2,1-3H3,(H,13,14,15). The summed E-state index contributed by atoms with van der Waals surface area (Å²) in [5.74, 6) is 2.62. The first kappa shape index (κ1) is 14.1. The Morgan fingerprint density at radius 3 is 3.00 bits per heavy atom. The highest BCUT2D eigenvalue weighted by molar-refractivity contribution is 7.98. The largest absolute Gasteiger partial charge is 0.478 e. The van der Waals surface area contributed by atoms with Crippen molar-refractivity contribution in [1.29, 1.82) is 0 Å². The van der Waals surface area contributed by atoms with Gasteiger partial charge < -0.3 is 10.1 Å². The average molecular weight is 255 g/mol. The Kier molecular flexibility index (Phi) is 6.77. The summed E-state index contributed by atoms with van der Waals surface area (Å²) in [6, 6.07) is 2.27. The Morgan fingerprint density at radius 2 is 2.29 bits per heavy atom. The Balaban J connectivity index is 2.47. The van der Waals surface area contributed by atoms with Gasteiger partial charge in [0.1, 0.15) is 12.1 Å². The molecule has 0 spiro atoms. The fourth-order valence-electron chi connectivity index (χ4n) is 1.32. The number of rotatable bonds is 8. The molecule has 1 heterocycles. The lowest BCUT2D eigenvalue weighted by Crippen LogP contribution is -2.17. The first-order valence-electron chi connectivity index (χ1n) is 5.96. The Labute approximate surface area is 108 Å². The summed E-state index contributed by atoms with van der Waals surface area (Å²) >= 11 is 1.86. The van der Waals surface area contributed by atoms with Crippen molar-refractivity contribution < 1.29 is 4.74 Å². The molecule has 1 rings (SSSR count). The van der Waals surface area contributed by atoms with E-state index in [-0.39, 0.29) is 0 Å². The monoisotopic (exact) mass is 255 g/mol. The van der Waals surface area contributed by atoms with Gasteiger partial charge in [-0.05, 0) is 31.8 Å². The fraction of sp³-hybridized carbons (Fsp3) is 0.667. The van der Waals surface area contributed by atoms with Crippen molar-refractivity contribution in [1.82, 2.24) is 9.97 Å². The van der Waals surface area contributed by atoms with E-state index in [2.05, 4.69) is 35.4 Å². The molecule has 1 aromatic heterocycles. The molecule has 0 saturated carbocycles. The summed E-state index contributed by atoms with van der Waals surface area (Å²) in [6.45, 7) is 4.92. The van der Waals surface area contributed by atoms with E-state index in [4.69, 9.17) is 4.74 Å². The summed E-state index contributed by atoms with van der Waals surface area (Å²) < 4.78 is 5.46. The minimum absolute atomic E-state index is 0.413. The molecular formula is C12H21N3OS. The molecule has 0 aromatic carbocycles. The van der Waals surface area contributed by atoms with Crippen molar-refractivity contribution in [2.45, 2.75) is 32.7 Å². The van der Waals surface area contributed by atoms with Gasteiger partial charge in [0.15, 0.2) is 0 Å². The van der Waals surface area contributed by atoms with E-state index in [9.17, 15) is 0 Å². The van der Waals surface area contributed by atoms with Gasteiger partial charge in [0, 0.05) is 12.1 Å². The molecule has 0 aliphatic heterocycles. The molecule has 0 saturated heterocycles. The van der Waals surface area contributed by atoms with Crippen LogP contribution in [0.5, 0.6) is 5.88 Å². The third-order valence-electron chi connectivity index (χ3n) is 2.25. The van der Waals surface area contributed by atoms with Crippen molar-refractivity contribution >= 4 is 17.6 Å². The van der Waals surface area contributed by atoms with Crippen LogP contribution in [0.25, 0.3) is 0 Å². The van der Waals surface area contributed by atoms with Gasteiger partial charge in [-0.1, -0.05) is 6.92 Å². The van der Waals surface area contributed by atoms with Crippen LogP contribution in [0.2, 0.25) is 0 Å². The van der Waals surface area contributed by atoms with Crippen molar-refractivity contribution in [2.24, 2.45) is 0 Å². The zero-order valence-corrected chi connectivity index (χ0v) is 11.6. The second-order valence-electron chi connectivity index (χ2n) is 3.92. The molecular weight excluding hydrogens is 234 g/mol. The van der Waals surface area contributed by atoms with E-state index < -0.39 is 0 Å². The van der Waals surface area contributed by atoms with Crippen molar-refractivity contribution in [3.05, 3.63) is 12.4 Å². The van der Waals surface area contributed by atoms with Crippen molar-refractivity contribution in [2.75, 3.05) is 23.9 Å². The molecule has 0 amide bonds. The third kappa shape index (κ3) is 5.77. The van der Waals surface area contributed by atoms with Gasteiger partial charge in [-0.2, -0.15) is 11.8 Å². The van der Waals surface area contributed by atoms with Gasteiger partial charge in [0.25, 0.3) is 0 Å². The first-order valence-corrected chi connectivity index (χ1v) is 7.36. The van der Waals surface area contributed by atoms with Gasteiger partial charge in [-0.25, -0.2) is 9.97 Å². The minimum Gasteiger partial charge on any atom is -0.478 e. The summed E-state index contributed by atoms with van der Waals surface area (Å²) in [4.78, 5) is 8.26. The molecule has 0 fully saturated rings. The number of nitrogens with one attached hydrogen (secondary N) is 1. The highest BCUT2D eigenvalue weighted by Crippen LogP contribution is 2.13. The molecule has 0 radical (unpaired) electrons. The van der Waals surface area contributed by atoms with Crippen LogP contribution in [0.1, 0.15) is 26.7 Å². The number of thioether (sulfide) groups is 1. The lowest BCUT2D eigenvalue weighted by atomic mass is 10.2. The minimum atomic E-state index is 0.413. The van der Waals surface area contributed by atoms with Crippen LogP contribution in [-0.2, 0) is 0 Å². The van der Waals surface area contributed by atoms with Crippen LogP contribution in [0.4, 0.5) is 5.82 Å². The van der Waals surface area contributed by atoms with E-state index >= 15 is 0 Å². The van der Waals surface area contributed by atoms with Crippen LogP contribution in [0, 0.1) is 0 Å². The Bertz CT molecular complexity index is 322. The van der Waals surface area contributed by atoms with Crippen molar-refractivity contribution in [3.8, 4) is 5.88 Å². The zero-order valence-electron chi connectivity index (χ0n) is 10.8. The molecule has 1 N–H and O–H groups in total. The molecule has 4 nitrogen and oxygen atoms in total. The van der Waals surface area contributed by atoms with E-state index in [1.165, 1.54) is 6.33 Å². The third-order valence-corrected chi connectivity index (χ3v) is 2.89. The number of anilines is 1. The van der Waals surface area contributed by atoms with Gasteiger partial charge >= 0.3 is 0 Å². The summed E-state index contributed by atoms with van der Waals surface area (Å²) in [5, 5.41) is 3.35. The molecule has 0 bridgehead atoms. The van der Waals surface area contributed by atoms with Crippen LogP contribution < -0.4 is 10.1 Å². The summed E-state index contributed by atoms with van der Waals surface area (Å²) in [6.07, 6.45) is 5.76. The van der Waals surface area contributed by atoms with Gasteiger partial charge in [0.05, 0.1) is 6.61 Å². The highest BCUT2D eigenvalue weighted by atomic mass is 32.2. The normalized spacial score (nSPS) is 12.2. The molecule has 1 atom stereocenters. The maximum absolute atomic E-state index is 5.46. The predicted octanol–water partition coefficient (Wildman–Crippen LogP) is 2.82. The van der Waals surface area contributed by atoms with Crippen LogP contribution in [0.3, 0.4) is 0 Å². The van der Waals surface area contributed by atoms with E-state index in [0.29, 0.717) is 18.5 Å². The quantitative estimate of drug-likeness (QED) is 0.774. The molecule has 17 heavy (non-hydrogen) atoms. The van der Waals surface area contributed by atoms with Crippen LogP contribution in [-0.4, -0.2) is 34.6 Å². The second kappa shape index (κ2) is 8.17. The number of aromatic nitrogens is 2. The summed E-state index contributed by atoms with van der Waals surface area (Å²) in [5.41, 5.74) is 0. The lowest BCUT2D eigenvalue weighted by Gasteiger charge is -2.14. The summed E-state index contributed by atoms with van der Waals surface area (Å²) in [7, 11) is 0. The second-order valence-corrected chi connectivity index (χ2v) is 4.90. The maximum atomic E-state index is 5.46. The molecule has 96 valence electrons. The lowest BCUT2D eigenvalue weighted by molar-refractivity contribution is 0.305. The van der Waals surface area contributed by atoms with Gasteiger partial charge in [0.2, 0.25) is 5.88 Å². The Hall–Kier alpha value is -0.970. The molecule has 1 unspecified atom stereocenters. The Morgan fingerprint density at radius 1 is 1.47 bits per heavy atom. The molecule has 1 aromatic rings. The molecule has 5 heteroatoms. The zero-order chi connectivity index (χ0) is 12.5. The van der Waals surface area contributed by atoms with E-state index in [1.807, 2.05) is 17.8 Å². The topological polar surface area (TPSA) is 47.0 Å². The van der Waals surface area contributed by atoms with Crippen molar-refractivity contribution in [3.63, 3.8) is 0 Å². The number of hydrogen-bond donors (Lipinski definition) is 1. The SMILES string of the molecule is CCCOc1cc(NC(C)CCSC)ncn1. The number of nitrogens with zero attached hydrogens (tertiary/aromatic N) is 2. The molecule has 0 aliphatic rings. The number of hydrogen-bond acceptors (Lipinski definition) is 5. The van der Waals surface area contributed by atoms with Gasteiger partial charge in [-0.3, -0.25) is 0 Å². The average Bonchev–Trinajstić information content (AvgIpc) is 2.34.